The fourth-order valence-electron chi connectivity index (χ4n) is 4.40. The lowest BCUT2D eigenvalue weighted by Gasteiger charge is -2.24. The Balaban J connectivity index is 1.45. The second-order valence-electron chi connectivity index (χ2n) is 8.69. The van der Waals surface area contributed by atoms with E-state index in [1.807, 2.05) is 40.7 Å². The Labute approximate surface area is 188 Å². The first kappa shape index (κ1) is 22.2. The van der Waals surface area contributed by atoms with E-state index in [4.69, 9.17) is 9.16 Å². The summed E-state index contributed by atoms with van der Waals surface area (Å²) in [5.74, 6) is 0.0383. The number of rotatable bonds is 6. The van der Waals surface area contributed by atoms with Gasteiger partial charge < -0.3 is 9.16 Å². The van der Waals surface area contributed by atoms with Crippen molar-refractivity contribution < 1.29 is 18.8 Å². The average molecular weight is 452 g/mol. The van der Waals surface area contributed by atoms with Gasteiger partial charge in [0, 0.05) is 6.42 Å². The summed E-state index contributed by atoms with van der Waals surface area (Å²) >= 11 is 0. The molecule has 1 saturated carbocycles. The number of nitrogens with zero attached hydrogens (tertiary/aromatic N) is 3. The van der Waals surface area contributed by atoms with Crippen molar-refractivity contribution in [2.75, 3.05) is 6.61 Å². The third kappa shape index (κ3) is 4.60. The number of hydrogen-bond donors (Lipinski definition) is 0. The van der Waals surface area contributed by atoms with Gasteiger partial charge in [-0.1, -0.05) is 29.5 Å². The molecule has 1 aliphatic carbocycles. The summed E-state index contributed by atoms with van der Waals surface area (Å²) in [5.41, 5.74) is 3.00. The maximum Gasteiger partial charge on any atom is 0.377 e. The minimum Gasteiger partial charge on any atom is -0.524 e. The van der Waals surface area contributed by atoms with Crippen LogP contribution in [0.5, 0.6) is 5.75 Å². The first-order valence-corrected chi connectivity index (χ1v) is 14.0. The summed E-state index contributed by atoms with van der Waals surface area (Å²) in [5, 5.41) is 8.59. The topological polar surface area (TPSA) is 83.3 Å². The Bertz CT molecular complexity index is 1110. The number of benzene rings is 2. The van der Waals surface area contributed by atoms with E-state index in [-0.39, 0.29) is 17.7 Å². The number of Topliss-reactive ketones (excluding diaryl/α,β-unsaturated/α-hetero) is 1. The normalized spacial score (nSPS) is 19.5. The number of ketones is 1. The van der Waals surface area contributed by atoms with Gasteiger partial charge in [-0.15, -0.1) is 5.10 Å². The van der Waals surface area contributed by atoms with Gasteiger partial charge in [-0.2, -0.15) is 0 Å². The van der Waals surface area contributed by atoms with E-state index in [1.165, 1.54) is 5.56 Å². The van der Waals surface area contributed by atoms with Crippen molar-refractivity contribution in [1.82, 2.24) is 14.7 Å². The van der Waals surface area contributed by atoms with Crippen molar-refractivity contribution in [3.8, 4) is 5.75 Å². The van der Waals surface area contributed by atoms with E-state index in [9.17, 15) is 9.59 Å². The van der Waals surface area contributed by atoms with Gasteiger partial charge in [0.2, 0.25) is 0 Å². The standard InChI is InChI=1S/C24H29N3O4Si/c1-4-30-24(29)20-15-11-18(12-16-23(20)28)17-9-13-19(14-10-17)31-32(2,3)27-22-8-6-5-7-21(22)25-26-27/h5-10,13-14,18,20H,4,11-12,15-16H2,1-3H3/t18-,20?/m1/s1. The van der Waals surface area contributed by atoms with Crippen molar-refractivity contribution in [2.45, 2.75) is 51.6 Å². The summed E-state index contributed by atoms with van der Waals surface area (Å²) in [4.78, 5) is 24.5. The van der Waals surface area contributed by atoms with Crippen LogP contribution < -0.4 is 4.43 Å². The lowest BCUT2D eigenvalue weighted by Crippen LogP contribution is -2.44. The summed E-state index contributed by atoms with van der Waals surface area (Å²) < 4.78 is 13.4. The van der Waals surface area contributed by atoms with E-state index in [2.05, 4.69) is 35.5 Å². The zero-order chi connectivity index (χ0) is 22.7. The van der Waals surface area contributed by atoms with Crippen molar-refractivity contribution in [3.63, 3.8) is 0 Å². The molecule has 1 fully saturated rings. The van der Waals surface area contributed by atoms with Crippen LogP contribution in [0.15, 0.2) is 48.5 Å². The highest BCUT2D eigenvalue weighted by molar-refractivity contribution is 6.70. The van der Waals surface area contributed by atoms with Gasteiger partial charge in [-0.05, 0) is 75.0 Å². The molecule has 1 unspecified atom stereocenters. The zero-order valence-electron chi connectivity index (χ0n) is 18.8. The molecule has 0 saturated heterocycles. The monoisotopic (exact) mass is 451 g/mol. The molecular formula is C24H29N3O4Si. The van der Waals surface area contributed by atoms with Crippen LogP contribution in [0.4, 0.5) is 0 Å². The number of carbonyl (C=O) groups is 2. The third-order valence-corrected chi connectivity index (χ3v) is 8.17. The third-order valence-electron chi connectivity index (χ3n) is 6.08. The Morgan fingerprint density at radius 3 is 2.59 bits per heavy atom. The molecule has 32 heavy (non-hydrogen) atoms. The number of ether oxygens (including phenoxy) is 1. The molecule has 1 aromatic heterocycles. The molecule has 0 aliphatic heterocycles. The van der Waals surface area contributed by atoms with Gasteiger partial charge in [0.1, 0.15) is 23.0 Å². The largest absolute Gasteiger partial charge is 0.524 e. The van der Waals surface area contributed by atoms with Gasteiger partial charge in [-0.3, -0.25) is 9.59 Å². The molecule has 0 bridgehead atoms. The first-order valence-electron chi connectivity index (χ1n) is 11.2. The molecule has 1 aliphatic rings. The van der Waals surface area contributed by atoms with Gasteiger partial charge in [0.15, 0.2) is 0 Å². The van der Waals surface area contributed by atoms with Crippen LogP contribution in [0.2, 0.25) is 13.1 Å². The highest BCUT2D eigenvalue weighted by atomic mass is 28.4. The maximum absolute atomic E-state index is 12.4. The molecular weight excluding hydrogens is 422 g/mol. The molecule has 3 aromatic rings. The lowest BCUT2D eigenvalue weighted by atomic mass is 9.91. The zero-order valence-corrected chi connectivity index (χ0v) is 19.8. The second kappa shape index (κ2) is 9.24. The Kier molecular flexibility index (Phi) is 6.41. The molecule has 0 spiro atoms. The highest BCUT2D eigenvalue weighted by Gasteiger charge is 2.33. The smallest absolute Gasteiger partial charge is 0.377 e. The summed E-state index contributed by atoms with van der Waals surface area (Å²) in [6, 6.07) is 16.0. The van der Waals surface area contributed by atoms with Gasteiger partial charge in [-0.25, -0.2) is 4.35 Å². The average Bonchev–Trinajstić information content (AvgIpc) is 3.12. The Hall–Kier alpha value is -3.00. The van der Waals surface area contributed by atoms with Crippen molar-refractivity contribution >= 4 is 31.3 Å². The number of fused-ring (bicyclic) bond motifs is 1. The second-order valence-corrected chi connectivity index (χ2v) is 12.2. The summed E-state index contributed by atoms with van der Waals surface area (Å²) in [6.45, 7) is 6.25. The van der Waals surface area contributed by atoms with E-state index < -0.39 is 14.4 Å². The quantitative estimate of drug-likeness (QED) is 0.238. The number of carbonyl (C=O) groups excluding carboxylic acids is 2. The van der Waals surface area contributed by atoms with Crippen LogP contribution in [0.25, 0.3) is 11.0 Å². The Morgan fingerprint density at radius 2 is 1.84 bits per heavy atom. The summed E-state index contributed by atoms with van der Waals surface area (Å²) in [6.07, 6.45) is 2.49. The van der Waals surface area contributed by atoms with E-state index in [0.29, 0.717) is 19.4 Å². The van der Waals surface area contributed by atoms with Crippen LogP contribution in [0, 0.1) is 5.92 Å². The van der Waals surface area contributed by atoms with Crippen LogP contribution >= 0.6 is 0 Å². The minimum atomic E-state index is -2.39. The van der Waals surface area contributed by atoms with E-state index in [0.717, 1.165) is 29.6 Å². The SMILES string of the molecule is CCOC(=O)C1CC[C@@H](c2ccc(O[Si](C)(C)n3nnc4ccccc43)cc2)CCC1=O. The molecule has 7 nitrogen and oxygen atoms in total. The van der Waals surface area contributed by atoms with Crippen LogP contribution in [0.3, 0.4) is 0 Å². The molecule has 0 N–H and O–H groups in total. The van der Waals surface area contributed by atoms with Crippen molar-refractivity contribution in [3.05, 3.63) is 54.1 Å². The molecule has 2 atom stereocenters. The Morgan fingerprint density at radius 1 is 1.09 bits per heavy atom. The molecule has 8 heteroatoms. The maximum atomic E-state index is 12.4. The fraction of sp³-hybridized carbons (Fsp3) is 0.417. The van der Waals surface area contributed by atoms with Crippen LogP contribution in [0.1, 0.15) is 44.1 Å². The predicted octanol–water partition coefficient (Wildman–Crippen LogP) is 4.47. The lowest BCUT2D eigenvalue weighted by molar-refractivity contribution is -0.151. The van der Waals surface area contributed by atoms with Crippen LogP contribution in [-0.4, -0.2) is 41.5 Å². The number of aromatic nitrogens is 3. The van der Waals surface area contributed by atoms with Crippen molar-refractivity contribution in [2.24, 2.45) is 5.92 Å². The molecule has 2 aromatic carbocycles. The van der Waals surface area contributed by atoms with Crippen LogP contribution in [-0.2, 0) is 14.3 Å². The van der Waals surface area contributed by atoms with E-state index >= 15 is 0 Å². The van der Waals surface area contributed by atoms with E-state index in [1.54, 1.807) is 6.92 Å². The molecule has 4 rings (SSSR count). The fourth-order valence-corrected chi connectivity index (χ4v) is 6.22. The van der Waals surface area contributed by atoms with Gasteiger partial charge in [0.05, 0.1) is 12.1 Å². The minimum absolute atomic E-state index is 0.00119. The molecule has 0 amide bonds. The number of para-hydroxylation sites is 1. The molecule has 1 heterocycles. The van der Waals surface area contributed by atoms with Gasteiger partial charge >= 0.3 is 14.4 Å². The van der Waals surface area contributed by atoms with Crippen molar-refractivity contribution in [1.29, 1.82) is 0 Å². The predicted molar refractivity (Wildman–Crippen MR) is 124 cm³/mol. The highest BCUT2D eigenvalue weighted by Crippen LogP contribution is 2.34. The summed E-state index contributed by atoms with van der Waals surface area (Å²) in [7, 11) is -2.39. The number of hydrogen-bond acceptors (Lipinski definition) is 6. The first-order chi connectivity index (χ1) is 15.4. The number of esters is 1. The molecule has 0 radical (unpaired) electrons. The molecule has 168 valence electrons. The van der Waals surface area contributed by atoms with Gasteiger partial charge in [0.25, 0.3) is 0 Å².